The first-order valence-corrected chi connectivity index (χ1v) is 3.13. The van der Waals surface area contributed by atoms with Gasteiger partial charge in [-0.1, -0.05) is 18.2 Å². The summed E-state index contributed by atoms with van der Waals surface area (Å²) in [4.78, 5) is 9.66. The summed E-state index contributed by atoms with van der Waals surface area (Å²) in [6.45, 7) is 3.73. The van der Waals surface area contributed by atoms with Crippen molar-refractivity contribution in [2.75, 3.05) is 0 Å². The van der Waals surface area contributed by atoms with Gasteiger partial charge in [-0.25, -0.2) is 0 Å². The molecule has 0 spiro atoms. The Bertz CT molecular complexity index is 245. The molecule has 10 heavy (non-hydrogen) atoms. The number of fused-ring (bicyclic) bond motifs is 1. The second kappa shape index (κ2) is 1.99. The molecule has 51 valence electrons. The monoisotopic (exact) mass is 135 g/mol. The molecule has 1 aliphatic heterocycles. The van der Waals surface area contributed by atoms with Gasteiger partial charge in [0.2, 0.25) is 0 Å². The summed E-state index contributed by atoms with van der Waals surface area (Å²) in [6.07, 6.45) is -0.170. The molecule has 1 heterocycles. The second-order valence-electron chi connectivity index (χ2n) is 2.21. The minimum absolute atomic E-state index is 0.170. The van der Waals surface area contributed by atoms with Gasteiger partial charge in [-0.3, -0.25) is 0 Å². The van der Waals surface area contributed by atoms with E-state index < -0.39 is 0 Å². The summed E-state index contributed by atoms with van der Waals surface area (Å²) in [7, 11) is 0. The largest absolute Gasteiger partial charge is 0.337 e. The first-order chi connectivity index (χ1) is 4.88. The van der Waals surface area contributed by atoms with E-state index in [1.807, 2.05) is 24.3 Å². The highest BCUT2D eigenvalue weighted by molar-refractivity contribution is 5.36. The van der Waals surface area contributed by atoms with Crippen molar-refractivity contribution in [3.8, 4) is 5.75 Å². The average Bonchev–Trinajstić information content (AvgIpc) is 2.34. The predicted octanol–water partition coefficient (Wildman–Crippen LogP) is 1.89. The quantitative estimate of drug-likeness (QED) is 0.506. The van der Waals surface area contributed by atoms with Crippen molar-refractivity contribution < 1.29 is 9.78 Å². The second-order valence-corrected chi connectivity index (χ2v) is 2.21. The van der Waals surface area contributed by atoms with E-state index in [4.69, 9.17) is 9.78 Å². The van der Waals surface area contributed by atoms with E-state index >= 15 is 0 Å². The van der Waals surface area contributed by atoms with Crippen LogP contribution in [0, 0.1) is 6.92 Å². The number of benzene rings is 1. The molecule has 1 atom stereocenters. The van der Waals surface area contributed by atoms with Crippen LogP contribution in [0.3, 0.4) is 0 Å². The van der Waals surface area contributed by atoms with Crippen LogP contribution in [0.25, 0.3) is 0 Å². The van der Waals surface area contributed by atoms with E-state index in [-0.39, 0.29) is 6.10 Å². The van der Waals surface area contributed by atoms with Gasteiger partial charge in [0.25, 0.3) is 0 Å². The lowest BCUT2D eigenvalue weighted by atomic mass is 10.1. The molecule has 0 bridgehead atoms. The van der Waals surface area contributed by atoms with Gasteiger partial charge in [-0.15, -0.1) is 0 Å². The highest BCUT2D eigenvalue weighted by Crippen LogP contribution is 2.33. The Balaban J connectivity index is 2.51. The van der Waals surface area contributed by atoms with Crippen LogP contribution in [-0.2, 0) is 4.89 Å². The van der Waals surface area contributed by atoms with Crippen molar-refractivity contribution in [3.63, 3.8) is 0 Å². The molecule has 0 N–H and O–H groups in total. The zero-order valence-corrected chi connectivity index (χ0v) is 5.41. The minimum atomic E-state index is -0.170. The third-order valence-corrected chi connectivity index (χ3v) is 1.52. The molecule has 0 aliphatic carbocycles. The summed E-state index contributed by atoms with van der Waals surface area (Å²) in [6, 6.07) is 7.65. The Morgan fingerprint density at radius 3 is 2.90 bits per heavy atom. The molecule has 2 nitrogen and oxygen atoms in total. The van der Waals surface area contributed by atoms with E-state index in [2.05, 4.69) is 6.92 Å². The van der Waals surface area contributed by atoms with Gasteiger partial charge >= 0.3 is 0 Å². The summed E-state index contributed by atoms with van der Waals surface area (Å²) < 4.78 is 0. The predicted molar refractivity (Wildman–Crippen MR) is 36.3 cm³/mol. The molecule has 1 aliphatic rings. The molecular weight excluding hydrogens is 128 g/mol. The van der Waals surface area contributed by atoms with Crippen molar-refractivity contribution in [1.82, 2.24) is 0 Å². The maximum absolute atomic E-state index is 4.85. The van der Waals surface area contributed by atoms with Gasteiger partial charge < -0.3 is 4.89 Å². The third-order valence-electron chi connectivity index (χ3n) is 1.52. The van der Waals surface area contributed by atoms with E-state index in [1.54, 1.807) is 0 Å². The molecule has 0 aromatic heterocycles. The summed E-state index contributed by atoms with van der Waals surface area (Å²) in [5, 5.41) is 0. The van der Waals surface area contributed by atoms with E-state index in [0.29, 0.717) is 0 Å². The maximum atomic E-state index is 4.85. The van der Waals surface area contributed by atoms with Gasteiger partial charge in [-0.2, -0.15) is 4.89 Å². The van der Waals surface area contributed by atoms with E-state index in [9.17, 15) is 0 Å². The first kappa shape index (κ1) is 5.74. The highest BCUT2D eigenvalue weighted by Gasteiger charge is 2.20. The zero-order chi connectivity index (χ0) is 6.97. The summed E-state index contributed by atoms with van der Waals surface area (Å²) in [5.41, 5.74) is 1.02. The van der Waals surface area contributed by atoms with Gasteiger partial charge in [-0.05, 0) is 13.0 Å². The number of hydrogen-bond donors (Lipinski definition) is 0. The Kier molecular flexibility index (Phi) is 1.14. The smallest absolute Gasteiger partial charge is 0.171 e. The van der Waals surface area contributed by atoms with E-state index in [0.717, 1.165) is 11.3 Å². The topological polar surface area (TPSA) is 18.5 Å². The van der Waals surface area contributed by atoms with Gasteiger partial charge in [0.05, 0.1) is 0 Å². The lowest BCUT2D eigenvalue weighted by molar-refractivity contribution is -0.211. The van der Waals surface area contributed by atoms with Crippen LogP contribution in [-0.4, -0.2) is 0 Å². The number of para-hydroxylation sites is 1. The Morgan fingerprint density at radius 2 is 2.10 bits per heavy atom. The lowest BCUT2D eigenvalue weighted by Crippen LogP contribution is -1.89. The summed E-state index contributed by atoms with van der Waals surface area (Å²) in [5.74, 6) is 0.780. The molecule has 0 amide bonds. The van der Waals surface area contributed by atoms with Crippen LogP contribution in [0.4, 0.5) is 0 Å². The Hall–Kier alpha value is -1.02. The number of hydrogen-bond acceptors (Lipinski definition) is 2. The number of rotatable bonds is 0. The molecule has 2 rings (SSSR count). The standard InChI is InChI=1S/C8H7O2/c1-6-7-4-2-3-5-8(7)10-9-6/h2-6H,1H2. The summed E-state index contributed by atoms with van der Waals surface area (Å²) >= 11 is 0. The molecule has 2 heteroatoms. The van der Waals surface area contributed by atoms with Gasteiger partial charge in [0, 0.05) is 5.56 Å². The Morgan fingerprint density at radius 1 is 1.30 bits per heavy atom. The molecular formula is C8H7O2. The Labute approximate surface area is 59.3 Å². The van der Waals surface area contributed by atoms with Crippen LogP contribution in [0.15, 0.2) is 24.3 Å². The van der Waals surface area contributed by atoms with Crippen molar-refractivity contribution >= 4 is 0 Å². The highest BCUT2D eigenvalue weighted by atomic mass is 17.2. The zero-order valence-electron chi connectivity index (χ0n) is 5.41. The van der Waals surface area contributed by atoms with E-state index in [1.165, 1.54) is 0 Å². The fourth-order valence-electron chi connectivity index (χ4n) is 0.984. The van der Waals surface area contributed by atoms with Gasteiger partial charge in [0.15, 0.2) is 5.75 Å². The minimum Gasteiger partial charge on any atom is -0.337 e. The lowest BCUT2D eigenvalue weighted by Gasteiger charge is -1.94. The van der Waals surface area contributed by atoms with Crippen molar-refractivity contribution in [2.24, 2.45) is 0 Å². The SMILES string of the molecule is [CH2]C1OOc2ccccc21. The van der Waals surface area contributed by atoms with Crippen LogP contribution >= 0.6 is 0 Å². The fourth-order valence-corrected chi connectivity index (χ4v) is 0.984. The molecule has 0 fully saturated rings. The average molecular weight is 135 g/mol. The van der Waals surface area contributed by atoms with Crippen molar-refractivity contribution in [3.05, 3.63) is 36.8 Å². The molecule has 1 aromatic rings. The van der Waals surface area contributed by atoms with Crippen LogP contribution in [0.2, 0.25) is 0 Å². The normalized spacial score (nSPS) is 21.9. The first-order valence-electron chi connectivity index (χ1n) is 3.13. The fraction of sp³-hybridized carbons (Fsp3) is 0.125. The maximum Gasteiger partial charge on any atom is 0.171 e. The molecule has 0 saturated heterocycles. The third kappa shape index (κ3) is 0.693. The molecule has 1 aromatic carbocycles. The van der Waals surface area contributed by atoms with Crippen LogP contribution in [0.5, 0.6) is 5.75 Å². The van der Waals surface area contributed by atoms with Crippen LogP contribution in [0.1, 0.15) is 11.7 Å². The molecule has 1 radical (unpaired) electrons. The van der Waals surface area contributed by atoms with Gasteiger partial charge in [0.1, 0.15) is 6.10 Å². The van der Waals surface area contributed by atoms with Crippen LogP contribution < -0.4 is 4.89 Å². The van der Waals surface area contributed by atoms with Crippen molar-refractivity contribution in [2.45, 2.75) is 6.10 Å². The van der Waals surface area contributed by atoms with Crippen molar-refractivity contribution in [1.29, 1.82) is 0 Å². The molecule has 0 saturated carbocycles. The molecule has 1 unspecified atom stereocenters.